The van der Waals surface area contributed by atoms with Gasteiger partial charge in [0.25, 0.3) is 0 Å². The van der Waals surface area contributed by atoms with Crippen LogP contribution < -0.4 is 0 Å². The fraction of sp³-hybridized carbons (Fsp3) is 0.815. The molecule has 0 saturated heterocycles. The number of aliphatic hydroxyl groups excluding tert-OH is 1. The Hall–Kier alpha value is -0.780. The van der Waals surface area contributed by atoms with Crippen molar-refractivity contribution in [3.8, 4) is 0 Å². The van der Waals surface area contributed by atoms with Gasteiger partial charge < -0.3 is 15.1 Å². The number of aliphatic hydroxyl groups is 2. The van der Waals surface area contributed by atoms with Crippen LogP contribution in [0.3, 0.4) is 0 Å². The zero-order valence-electron chi connectivity index (χ0n) is 21.2. The van der Waals surface area contributed by atoms with Gasteiger partial charge in [-0.25, -0.2) is 0 Å². The van der Waals surface area contributed by atoms with E-state index in [4.69, 9.17) is 0 Å². The maximum Gasteiger partial charge on any atom is 0.233 e. The van der Waals surface area contributed by atoms with E-state index in [1.165, 1.54) is 5.57 Å². The second kappa shape index (κ2) is 12.6. The summed E-state index contributed by atoms with van der Waals surface area (Å²) in [4.78, 5) is 14.5. The zero-order chi connectivity index (χ0) is 23.9. The number of thioether (sulfide) groups is 1. The van der Waals surface area contributed by atoms with E-state index < -0.39 is 5.60 Å². The second-order valence-corrected chi connectivity index (χ2v) is 11.9. The molecule has 5 heteroatoms. The SMILES string of the molecule is CCCC[C@](C)(O)CC=C[C@@H]1[C@H]2CC(CCSCC(=O)N(C(C)C)C(C)C)=C[C@H]2C[C@H]1O. The molecule has 1 fully saturated rings. The van der Waals surface area contributed by atoms with Crippen LogP contribution in [0.25, 0.3) is 0 Å². The lowest BCUT2D eigenvalue weighted by Gasteiger charge is -2.30. The lowest BCUT2D eigenvalue weighted by Crippen LogP contribution is -2.43. The molecule has 2 rings (SSSR count). The van der Waals surface area contributed by atoms with Gasteiger partial charge >= 0.3 is 0 Å². The van der Waals surface area contributed by atoms with Gasteiger partial charge in [-0.2, -0.15) is 11.8 Å². The molecule has 2 aliphatic rings. The number of fused-ring (bicyclic) bond motifs is 1. The van der Waals surface area contributed by atoms with Gasteiger partial charge in [-0.1, -0.05) is 43.6 Å². The van der Waals surface area contributed by atoms with Crippen molar-refractivity contribution in [2.75, 3.05) is 11.5 Å². The van der Waals surface area contributed by atoms with E-state index in [1.807, 2.05) is 11.8 Å². The molecule has 0 radical (unpaired) electrons. The van der Waals surface area contributed by atoms with Crippen LogP contribution in [-0.4, -0.2) is 56.3 Å². The first-order chi connectivity index (χ1) is 15.1. The zero-order valence-corrected chi connectivity index (χ0v) is 22.0. The number of rotatable bonds is 13. The van der Waals surface area contributed by atoms with Crippen molar-refractivity contribution < 1.29 is 15.0 Å². The van der Waals surface area contributed by atoms with Crippen LogP contribution >= 0.6 is 11.8 Å². The average Bonchev–Trinajstić information content (AvgIpc) is 3.20. The standard InChI is InChI=1S/C27H47NO3S/c1-7-8-12-27(6,31)13-9-10-23-24-16-21(15-22(24)17-25(23)29)11-14-32-18-26(30)28(19(2)3)20(4)5/h9-10,15,19-20,22-25,29,31H,7-8,11-14,16-18H2,1-6H3/t22-,23+,24-,25+,27-/m0/s1. The van der Waals surface area contributed by atoms with E-state index in [0.29, 0.717) is 24.0 Å². The Morgan fingerprint density at radius 3 is 2.62 bits per heavy atom. The highest BCUT2D eigenvalue weighted by molar-refractivity contribution is 7.99. The number of nitrogens with zero attached hydrogens (tertiary/aromatic N) is 1. The first-order valence-corrected chi connectivity index (χ1v) is 13.9. The number of unbranched alkanes of at least 4 members (excludes halogenated alkanes) is 1. The van der Waals surface area contributed by atoms with Crippen LogP contribution in [0, 0.1) is 17.8 Å². The quantitative estimate of drug-likeness (QED) is 0.275. The summed E-state index contributed by atoms with van der Waals surface area (Å²) in [5.74, 6) is 2.92. The van der Waals surface area contributed by atoms with E-state index in [-0.39, 0.29) is 30.0 Å². The van der Waals surface area contributed by atoms with Crippen LogP contribution in [-0.2, 0) is 4.79 Å². The minimum atomic E-state index is -0.649. The molecule has 0 heterocycles. The highest BCUT2D eigenvalue weighted by atomic mass is 32.2. The van der Waals surface area contributed by atoms with E-state index in [9.17, 15) is 15.0 Å². The Bertz CT molecular complexity index is 647. The fourth-order valence-corrected chi connectivity index (χ4v) is 6.41. The van der Waals surface area contributed by atoms with Gasteiger partial charge in [-0.15, -0.1) is 0 Å². The molecule has 0 spiro atoms. The largest absolute Gasteiger partial charge is 0.392 e. The fourth-order valence-electron chi connectivity index (χ4n) is 5.54. The van der Waals surface area contributed by atoms with Crippen LogP contribution in [0.2, 0.25) is 0 Å². The summed E-state index contributed by atoms with van der Waals surface area (Å²) in [6, 6.07) is 0.485. The Morgan fingerprint density at radius 2 is 2.00 bits per heavy atom. The maximum absolute atomic E-state index is 12.5. The van der Waals surface area contributed by atoms with Crippen molar-refractivity contribution in [3.05, 3.63) is 23.8 Å². The summed E-state index contributed by atoms with van der Waals surface area (Å²) >= 11 is 1.74. The number of allylic oxidation sites excluding steroid dienone is 2. The summed E-state index contributed by atoms with van der Waals surface area (Å²) in [5.41, 5.74) is 0.842. The summed E-state index contributed by atoms with van der Waals surface area (Å²) < 4.78 is 0. The second-order valence-electron chi connectivity index (χ2n) is 10.8. The topological polar surface area (TPSA) is 60.8 Å². The number of hydrogen-bond acceptors (Lipinski definition) is 4. The molecule has 0 unspecified atom stereocenters. The third kappa shape index (κ3) is 7.92. The Labute approximate surface area is 200 Å². The van der Waals surface area contributed by atoms with E-state index in [1.54, 1.807) is 11.8 Å². The minimum Gasteiger partial charge on any atom is -0.392 e. The molecular formula is C27H47NO3S. The molecule has 5 atom stereocenters. The predicted octanol–water partition coefficient (Wildman–Crippen LogP) is 5.59. The van der Waals surface area contributed by atoms with Crippen molar-refractivity contribution in [1.29, 1.82) is 0 Å². The summed E-state index contributed by atoms with van der Waals surface area (Å²) in [5, 5.41) is 21.1. The Morgan fingerprint density at radius 1 is 1.31 bits per heavy atom. The number of amides is 1. The molecule has 0 aromatic rings. The Kier molecular flexibility index (Phi) is 10.8. The molecular weight excluding hydrogens is 418 g/mol. The number of carbonyl (C=O) groups excluding carboxylic acids is 1. The molecule has 32 heavy (non-hydrogen) atoms. The van der Waals surface area contributed by atoms with Gasteiger partial charge in [0.2, 0.25) is 5.91 Å². The van der Waals surface area contributed by atoms with Crippen LogP contribution in [0.5, 0.6) is 0 Å². The van der Waals surface area contributed by atoms with Crippen molar-refractivity contribution in [3.63, 3.8) is 0 Å². The summed E-state index contributed by atoms with van der Waals surface area (Å²) in [7, 11) is 0. The first kappa shape index (κ1) is 27.5. The maximum atomic E-state index is 12.5. The lowest BCUT2D eigenvalue weighted by atomic mass is 9.88. The monoisotopic (exact) mass is 465 g/mol. The number of hydrogen-bond donors (Lipinski definition) is 2. The van der Waals surface area contributed by atoms with Crippen LogP contribution in [0.15, 0.2) is 23.8 Å². The normalized spacial score (nSPS) is 27.2. The van der Waals surface area contributed by atoms with Crippen LogP contribution in [0.1, 0.15) is 86.5 Å². The van der Waals surface area contributed by atoms with E-state index in [2.05, 4.69) is 52.8 Å². The Balaban J connectivity index is 1.78. The molecule has 0 aromatic heterocycles. The van der Waals surface area contributed by atoms with Gasteiger partial charge in [0, 0.05) is 18.0 Å². The molecule has 0 aromatic carbocycles. The highest BCUT2D eigenvalue weighted by Crippen LogP contribution is 2.48. The molecule has 0 bridgehead atoms. The molecule has 1 saturated carbocycles. The average molecular weight is 466 g/mol. The highest BCUT2D eigenvalue weighted by Gasteiger charge is 2.43. The molecule has 184 valence electrons. The first-order valence-electron chi connectivity index (χ1n) is 12.7. The van der Waals surface area contributed by atoms with Gasteiger partial charge in [0.1, 0.15) is 0 Å². The van der Waals surface area contributed by atoms with Gasteiger partial charge in [0.15, 0.2) is 0 Å². The van der Waals surface area contributed by atoms with Crippen molar-refractivity contribution in [2.45, 2.75) is 110 Å². The van der Waals surface area contributed by atoms with Crippen molar-refractivity contribution in [1.82, 2.24) is 4.90 Å². The summed E-state index contributed by atoms with van der Waals surface area (Å²) in [6.45, 7) is 12.4. The number of carbonyl (C=O) groups is 1. The smallest absolute Gasteiger partial charge is 0.233 e. The van der Waals surface area contributed by atoms with E-state index in [0.717, 1.165) is 44.3 Å². The third-order valence-electron chi connectivity index (χ3n) is 7.13. The van der Waals surface area contributed by atoms with E-state index >= 15 is 0 Å². The predicted molar refractivity (Wildman–Crippen MR) is 137 cm³/mol. The molecule has 2 N–H and O–H groups in total. The molecule has 2 aliphatic carbocycles. The third-order valence-corrected chi connectivity index (χ3v) is 8.07. The molecule has 0 aliphatic heterocycles. The summed E-state index contributed by atoms with van der Waals surface area (Å²) in [6.07, 6.45) is 13.0. The van der Waals surface area contributed by atoms with Crippen molar-refractivity contribution >= 4 is 17.7 Å². The molecule has 1 amide bonds. The van der Waals surface area contributed by atoms with Gasteiger partial charge in [-0.05, 0) is 84.3 Å². The van der Waals surface area contributed by atoms with Crippen LogP contribution in [0.4, 0.5) is 0 Å². The lowest BCUT2D eigenvalue weighted by molar-refractivity contribution is -0.131. The minimum absolute atomic E-state index is 0.190. The van der Waals surface area contributed by atoms with Gasteiger partial charge in [0.05, 0.1) is 17.5 Å². The van der Waals surface area contributed by atoms with Crippen molar-refractivity contribution in [2.24, 2.45) is 17.8 Å². The molecule has 4 nitrogen and oxygen atoms in total. The van der Waals surface area contributed by atoms with Gasteiger partial charge in [-0.3, -0.25) is 4.79 Å².